The van der Waals surface area contributed by atoms with Crippen LogP contribution in [0.4, 0.5) is 4.39 Å². The Hall–Kier alpha value is -3.00. The molecular formula is C19H21FN6O. The third-order valence-corrected chi connectivity index (χ3v) is 4.94. The number of amides is 1. The first kappa shape index (κ1) is 17.4. The van der Waals surface area contributed by atoms with Crippen LogP contribution in [0.1, 0.15) is 46.9 Å². The van der Waals surface area contributed by atoms with Crippen LogP contribution in [0.5, 0.6) is 0 Å². The van der Waals surface area contributed by atoms with Gasteiger partial charge < -0.3 is 10.6 Å². The SMILES string of the molecule is CC(NC(=O)c1cn[nH]c1C1CCNC1)c1cc(F)ccc1-n1cccn1. The van der Waals surface area contributed by atoms with Crippen LogP contribution in [0.15, 0.2) is 42.9 Å². The Morgan fingerprint density at radius 3 is 3.07 bits per heavy atom. The van der Waals surface area contributed by atoms with E-state index in [0.717, 1.165) is 30.9 Å². The van der Waals surface area contributed by atoms with Gasteiger partial charge in [-0.25, -0.2) is 9.07 Å². The van der Waals surface area contributed by atoms with Crippen molar-refractivity contribution in [2.45, 2.75) is 25.3 Å². The first-order valence-corrected chi connectivity index (χ1v) is 8.98. The van der Waals surface area contributed by atoms with Crippen molar-refractivity contribution in [3.05, 3.63) is 65.5 Å². The van der Waals surface area contributed by atoms with Crippen molar-refractivity contribution in [2.24, 2.45) is 0 Å². The van der Waals surface area contributed by atoms with E-state index >= 15 is 0 Å². The number of H-pyrrole nitrogens is 1. The number of nitrogens with one attached hydrogen (secondary N) is 3. The first-order chi connectivity index (χ1) is 13.1. The quantitative estimate of drug-likeness (QED) is 0.645. The molecule has 1 aliphatic rings. The average Bonchev–Trinajstić information content (AvgIpc) is 3.42. The van der Waals surface area contributed by atoms with Gasteiger partial charge >= 0.3 is 0 Å². The molecule has 1 aliphatic heterocycles. The Morgan fingerprint density at radius 1 is 1.44 bits per heavy atom. The number of aromatic nitrogens is 4. The Bertz CT molecular complexity index is 930. The highest BCUT2D eigenvalue weighted by Crippen LogP contribution is 2.26. The highest BCUT2D eigenvalue weighted by Gasteiger charge is 2.25. The largest absolute Gasteiger partial charge is 0.345 e. The number of hydrogen-bond acceptors (Lipinski definition) is 4. The minimum atomic E-state index is -0.406. The minimum absolute atomic E-state index is 0.228. The monoisotopic (exact) mass is 368 g/mol. The van der Waals surface area contributed by atoms with Crippen LogP contribution in [0.25, 0.3) is 5.69 Å². The molecule has 1 saturated heterocycles. The number of benzene rings is 1. The molecule has 0 saturated carbocycles. The van der Waals surface area contributed by atoms with E-state index in [-0.39, 0.29) is 17.6 Å². The maximum atomic E-state index is 13.9. The van der Waals surface area contributed by atoms with E-state index in [1.165, 1.54) is 12.1 Å². The molecule has 3 N–H and O–H groups in total. The summed E-state index contributed by atoms with van der Waals surface area (Å²) in [6.07, 6.45) is 5.96. The van der Waals surface area contributed by atoms with E-state index in [9.17, 15) is 9.18 Å². The normalized spacial score (nSPS) is 17.8. The van der Waals surface area contributed by atoms with Gasteiger partial charge in [0.2, 0.25) is 0 Å². The summed E-state index contributed by atoms with van der Waals surface area (Å²) < 4.78 is 15.5. The summed E-state index contributed by atoms with van der Waals surface area (Å²) >= 11 is 0. The number of hydrogen-bond donors (Lipinski definition) is 3. The number of carbonyl (C=O) groups is 1. The fourth-order valence-electron chi connectivity index (χ4n) is 3.53. The van der Waals surface area contributed by atoms with E-state index in [2.05, 4.69) is 25.9 Å². The maximum absolute atomic E-state index is 13.9. The summed E-state index contributed by atoms with van der Waals surface area (Å²) in [5.41, 5.74) is 2.75. The molecule has 7 nitrogen and oxygen atoms in total. The molecule has 1 fully saturated rings. The third-order valence-electron chi connectivity index (χ3n) is 4.94. The zero-order chi connectivity index (χ0) is 18.8. The molecule has 3 aromatic rings. The standard InChI is InChI=1S/C19H21FN6O/c1-12(15-9-14(20)3-4-17(15)26-8-2-6-23-26)24-19(27)16-11-22-25-18(16)13-5-7-21-10-13/h2-4,6,8-9,11-13,21H,5,7,10H2,1H3,(H,22,25)(H,24,27). The van der Waals surface area contributed by atoms with Crippen molar-refractivity contribution in [1.82, 2.24) is 30.6 Å². The maximum Gasteiger partial charge on any atom is 0.255 e. The highest BCUT2D eigenvalue weighted by atomic mass is 19.1. The smallest absolute Gasteiger partial charge is 0.255 e. The van der Waals surface area contributed by atoms with Crippen LogP contribution in [0.3, 0.4) is 0 Å². The first-order valence-electron chi connectivity index (χ1n) is 8.98. The molecule has 2 unspecified atom stereocenters. The van der Waals surface area contributed by atoms with Crippen molar-refractivity contribution in [3.8, 4) is 5.69 Å². The van der Waals surface area contributed by atoms with Crippen molar-refractivity contribution in [3.63, 3.8) is 0 Å². The summed E-state index contributed by atoms with van der Waals surface area (Å²) in [5.74, 6) is -0.339. The van der Waals surface area contributed by atoms with Gasteiger partial charge in [-0.1, -0.05) is 0 Å². The van der Waals surface area contributed by atoms with Gasteiger partial charge in [-0.05, 0) is 44.2 Å². The molecule has 0 aliphatic carbocycles. The Kier molecular flexibility index (Phi) is 4.72. The minimum Gasteiger partial charge on any atom is -0.345 e. The molecule has 4 rings (SSSR count). The van der Waals surface area contributed by atoms with Gasteiger partial charge in [0.25, 0.3) is 5.91 Å². The van der Waals surface area contributed by atoms with Crippen molar-refractivity contribution < 1.29 is 9.18 Å². The summed E-state index contributed by atoms with van der Waals surface area (Å²) in [6, 6.07) is 5.87. The number of aromatic amines is 1. The van der Waals surface area contributed by atoms with Crippen LogP contribution >= 0.6 is 0 Å². The molecule has 0 spiro atoms. The van der Waals surface area contributed by atoms with Crippen LogP contribution in [0, 0.1) is 5.82 Å². The lowest BCUT2D eigenvalue weighted by atomic mass is 10.00. The van der Waals surface area contributed by atoms with Gasteiger partial charge in [-0.3, -0.25) is 9.89 Å². The summed E-state index contributed by atoms with van der Waals surface area (Å²) in [5, 5.41) is 17.5. The van der Waals surface area contributed by atoms with Gasteiger partial charge in [-0.2, -0.15) is 10.2 Å². The van der Waals surface area contributed by atoms with Gasteiger partial charge in [-0.15, -0.1) is 0 Å². The Morgan fingerprint density at radius 2 is 2.33 bits per heavy atom. The fourth-order valence-corrected chi connectivity index (χ4v) is 3.53. The number of rotatable bonds is 5. The topological polar surface area (TPSA) is 87.6 Å². The Labute approximate surface area is 156 Å². The van der Waals surface area contributed by atoms with Crippen molar-refractivity contribution in [2.75, 3.05) is 13.1 Å². The second-order valence-corrected chi connectivity index (χ2v) is 6.74. The number of nitrogens with zero attached hydrogens (tertiary/aromatic N) is 3. The predicted molar refractivity (Wildman–Crippen MR) is 98.2 cm³/mol. The molecule has 1 aromatic carbocycles. The highest BCUT2D eigenvalue weighted by molar-refractivity contribution is 5.95. The molecule has 140 valence electrons. The van der Waals surface area contributed by atoms with E-state index in [1.807, 2.05) is 6.92 Å². The molecular weight excluding hydrogens is 347 g/mol. The molecule has 3 heterocycles. The third kappa shape index (κ3) is 3.48. The van der Waals surface area contributed by atoms with Crippen LogP contribution < -0.4 is 10.6 Å². The molecule has 27 heavy (non-hydrogen) atoms. The van der Waals surface area contributed by atoms with E-state index in [0.29, 0.717) is 11.1 Å². The van der Waals surface area contributed by atoms with Gasteiger partial charge in [0.05, 0.1) is 29.2 Å². The lowest BCUT2D eigenvalue weighted by Gasteiger charge is -2.19. The number of carbonyl (C=O) groups excluding carboxylic acids is 1. The van der Waals surface area contributed by atoms with Crippen LogP contribution in [-0.4, -0.2) is 39.0 Å². The second-order valence-electron chi connectivity index (χ2n) is 6.74. The summed E-state index contributed by atoms with van der Waals surface area (Å²) in [7, 11) is 0. The van der Waals surface area contributed by atoms with Gasteiger partial charge in [0.1, 0.15) is 5.82 Å². The zero-order valence-corrected chi connectivity index (χ0v) is 14.9. The molecule has 0 radical (unpaired) electrons. The van der Waals surface area contributed by atoms with Gasteiger partial charge in [0.15, 0.2) is 0 Å². The lowest BCUT2D eigenvalue weighted by Crippen LogP contribution is -2.28. The summed E-state index contributed by atoms with van der Waals surface area (Å²) in [6.45, 7) is 3.58. The zero-order valence-electron chi connectivity index (χ0n) is 14.9. The van der Waals surface area contributed by atoms with Crippen LogP contribution in [0.2, 0.25) is 0 Å². The average molecular weight is 368 g/mol. The van der Waals surface area contributed by atoms with E-state index in [1.54, 1.807) is 35.4 Å². The van der Waals surface area contributed by atoms with E-state index in [4.69, 9.17) is 0 Å². The van der Waals surface area contributed by atoms with Crippen LogP contribution in [-0.2, 0) is 0 Å². The number of halogens is 1. The molecule has 0 bridgehead atoms. The second kappa shape index (κ2) is 7.32. The van der Waals surface area contributed by atoms with Crippen molar-refractivity contribution in [1.29, 1.82) is 0 Å². The Balaban J connectivity index is 1.58. The molecule has 8 heteroatoms. The lowest BCUT2D eigenvalue weighted by molar-refractivity contribution is 0.0938. The van der Waals surface area contributed by atoms with Crippen molar-refractivity contribution >= 4 is 5.91 Å². The predicted octanol–water partition coefficient (Wildman–Crippen LogP) is 2.30. The molecule has 2 aromatic heterocycles. The summed E-state index contributed by atoms with van der Waals surface area (Å²) in [4.78, 5) is 12.8. The molecule has 1 amide bonds. The molecule has 2 atom stereocenters. The fraction of sp³-hybridized carbons (Fsp3) is 0.316. The van der Waals surface area contributed by atoms with E-state index < -0.39 is 6.04 Å². The van der Waals surface area contributed by atoms with Gasteiger partial charge in [0, 0.05) is 30.4 Å².